The van der Waals surface area contributed by atoms with Gasteiger partial charge in [-0.1, -0.05) is 11.6 Å². The fourth-order valence-electron chi connectivity index (χ4n) is 5.10. The molecule has 1 aliphatic carbocycles. The van der Waals surface area contributed by atoms with Crippen molar-refractivity contribution in [1.29, 1.82) is 0 Å². The van der Waals surface area contributed by atoms with Crippen LogP contribution in [-0.4, -0.2) is 27.0 Å². The molecule has 1 saturated carbocycles. The fourth-order valence-corrected chi connectivity index (χ4v) is 5.41. The minimum atomic E-state index is -0.0188. The maximum atomic E-state index is 11.7. The highest BCUT2D eigenvalue weighted by molar-refractivity contribution is 6.35. The van der Waals surface area contributed by atoms with Gasteiger partial charge in [-0.05, 0) is 55.3 Å². The molecule has 4 aromatic rings. The molecular weight excluding hydrogens is 440 g/mol. The largest absolute Gasteiger partial charge is 0.489 e. The maximum Gasteiger partial charge on any atom is 0.225 e. The van der Waals surface area contributed by atoms with Crippen LogP contribution in [-0.2, 0) is 11.2 Å². The number of nitrogens with one attached hydrogen (secondary N) is 2. The molecular formula is C25H19ClN4O3. The molecule has 0 saturated heterocycles. The summed E-state index contributed by atoms with van der Waals surface area (Å²) in [5.74, 6) is 4.20. The van der Waals surface area contributed by atoms with Crippen LogP contribution in [0.2, 0.25) is 5.02 Å². The third-order valence-electron chi connectivity index (χ3n) is 6.68. The van der Waals surface area contributed by atoms with Crippen LogP contribution >= 0.6 is 11.6 Å². The van der Waals surface area contributed by atoms with Gasteiger partial charge < -0.3 is 19.8 Å². The Morgan fingerprint density at radius 2 is 2.06 bits per heavy atom. The van der Waals surface area contributed by atoms with Gasteiger partial charge in [-0.2, -0.15) is 0 Å². The summed E-state index contributed by atoms with van der Waals surface area (Å²) in [6, 6.07) is 11.8. The molecule has 3 atom stereocenters. The van der Waals surface area contributed by atoms with Crippen molar-refractivity contribution < 1.29 is 14.3 Å². The molecule has 2 aliphatic heterocycles. The number of hydrogen-bond donors (Lipinski definition) is 2. The van der Waals surface area contributed by atoms with Gasteiger partial charge in [0.2, 0.25) is 5.91 Å². The van der Waals surface area contributed by atoms with Crippen LogP contribution in [0.25, 0.3) is 11.0 Å². The molecule has 3 aliphatic rings. The van der Waals surface area contributed by atoms with E-state index < -0.39 is 0 Å². The van der Waals surface area contributed by atoms with Crippen LogP contribution in [0.5, 0.6) is 17.2 Å². The van der Waals surface area contributed by atoms with Gasteiger partial charge in [-0.15, -0.1) is 0 Å². The van der Waals surface area contributed by atoms with Crippen LogP contribution in [0.15, 0.2) is 42.6 Å². The quantitative estimate of drug-likeness (QED) is 0.438. The van der Waals surface area contributed by atoms with Gasteiger partial charge in [0.05, 0.1) is 16.5 Å². The van der Waals surface area contributed by atoms with Crippen LogP contribution in [0.4, 0.5) is 5.82 Å². The first-order valence-electron chi connectivity index (χ1n) is 11.0. The molecule has 3 unspecified atom stereocenters. The van der Waals surface area contributed by atoms with E-state index >= 15 is 0 Å². The van der Waals surface area contributed by atoms with Crippen molar-refractivity contribution in [2.24, 2.45) is 0 Å². The molecule has 0 spiro atoms. The number of imidazole rings is 1. The van der Waals surface area contributed by atoms with E-state index in [-0.39, 0.29) is 23.8 Å². The van der Waals surface area contributed by atoms with Crippen molar-refractivity contribution in [3.8, 4) is 17.2 Å². The lowest BCUT2D eigenvalue weighted by Crippen LogP contribution is -2.20. The second-order valence-corrected chi connectivity index (χ2v) is 9.29. The minimum Gasteiger partial charge on any atom is -0.489 e. The van der Waals surface area contributed by atoms with E-state index in [1.54, 1.807) is 6.20 Å². The van der Waals surface area contributed by atoms with E-state index in [1.165, 1.54) is 0 Å². The van der Waals surface area contributed by atoms with Crippen molar-refractivity contribution in [1.82, 2.24) is 15.0 Å². The predicted octanol–water partition coefficient (Wildman–Crippen LogP) is 5.24. The van der Waals surface area contributed by atoms with Crippen molar-refractivity contribution in [2.75, 3.05) is 5.32 Å². The molecule has 2 aromatic carbocycles. The zero-order chi connectivity index (χ0) is 22.3. The van der Waals surface area contributed by atoms with E-state index in [4.69, 9.17) is 26.1 Å². The third kappa shape index (κ3) is 2.92. The standard InChI is InChI=1S/C25H19ClN4O3/c1-11-8-15(26)22-16(9-11)28-25(30-22)21-20-14-10-12(2-4-17(14)33-23(20)21)32-18-6-7-27-24-13(18)3-5-19(31)29-24/h2,4,6-10,20-21,23H,3,5H2,1H3,(H,28,30)(H,27,29,31). The molecule has 0 radical (unpaired) electrons. The van der Waals surface area contributed by atoms with Gasteiger partial charge >= 0.3 is 0 Å². The molecule has 0 bridgehead atoms. The van der Waals surface area contributed by atoms with Crippen LogP contribution < -0.4 is 14.8 Å². The summed E-state index contributed by atoms with van der Waals surface area (Å²) < 4.78 is 12.4. The molecule has 33 heavy (non-hydrogen) atoms. The average molecular weight is 459 g/mol. The Morgan fingerprint density at radius 3 is 2.97 bits per heavy atom. The zero-order valence-electron chi connectivity index (χ0n) is 17.7. The first-order chi connectivity index (χ1) is 16.0. The average Bonchev–Trinajstić information content (AvgIpc) is 3.13. The number of nitrogens with zero attached hydrogens (tertiary/aromatic N) is 2. The number of anilines is 1. The molecule has 2 N–H and O–H groups in total. The van der Waals surface area contributed by atoms with Gasteiger partial charge in [-0.25, -0.2) is 9.97 Å². The Morgan fingerprint density at radius 1 is 1.15 bits per heavy atom. The highest BCUT2D eigenvalue weighted by atomic mass is 35.5. The molecule has 1 amide bonds. The summed E-state index contributed by atoms with van der Waals surface area (Å²) in [5, 5.41) is 3.47. The van der Waals surface area contributed by atoms with Gasteiger partial charge in [0.1, 0.15) is 40.5 Å². The van der Waals surface area contributed by atoms with Crippen LogP contribution in [0, 0.1) is 6.92 Å². The number of pyridine rings is 1. The normalized spacial score (nSPS) is 22.2. The highest BCUT2D eigenvalue weighted by Gasteiger charge is 2.61. The second kappa shape index (κ2) is 6.71. The number of ether oxygens (including phenoxy) is 2. The summed E-state index contributed by atoms with van der Waals surface area (Å²) >= 11 is 6.40. The molecule has 7 rings (SSSR count). The van der Waals surface area contributed by atoms with E-state index in [9.17, 15) is 4.79 Å². The number of fused-ring (bicyclic) bond motifs is 5. The number of H-pyrrole nitrogens is 1. The van der Waals surface area contributed by atoms with Gasteiger partial charge in [0.15, 0.2) is 0 Å². The first kappa shape index (κ1) is 18.9. The summed E-state index contributed by atoms with van der Waals surface area (Å²) in [6.45, 7) is 2.02. The molecule has 1 fully saturated rings. The predicted molar refractivity (Wildman–Crippen MR) is 123 cm³/mol. The Labute approximate surface area is 194 Å². The monoisotopic (exact) mass is 458 g/mol. The number of aromatic amines is 1. The Kier molecular flexibility index (Phi) is 3.85. The minimum absolute atomic E-state index is 0.0188. The van der Waals surface area contributed by atoms with E-state index in [1.807, 2.05) is 37.3 Å². The van der Waals surface area contributed by atoms with E-state index in [2.05, 4.69) is 21.4 Å². The van der Waals surface area contributed by atoms with Crippen molar-refractivity contribution >= 4 is 34.4 Å². The number of halogens is 1. The lowest BCUT2D eigenvalue weighted by molar-refractivity contribution is -0.116. The van der Waals surface area contributed by atoms with Gasteiger partial charge in [0, 0.05) is 29.7 Å². The molecule has 2 aromatic heterocycles. The second-order valence-electron chi connectivity index (χ2n) is 8.89. The lowest BCUT2D eigenvalue weighted by atomic mass is 10.1. The maximum absolute atomic E-state index is 11.7. The highest BCUT2D eigenvalue weighted by Crippen LogP contribution is 2.63. The van der Waals surface area contributed by atoms with Crippen LogP contribution in [0.3, 0.4) is 0 Å². The number of aromatic nitrogens is 3. The summed E-state index contributed by atoms with van der Waals surface area (Å²) in [7, 11) is 0. The number of rotatable bonds is 3. The lowest BCUT2D eigenvalue weighted by Gasteiger charge is -2.19. The number of benzene rings is 2. The molecule has 164 valence electrons. The van der Waals surface area contributed by atoms with Crippen molar-refractivity contribution in [3.05, 3.63) is 70.1 Å². The Bertz CT molecular complexity index is 1480. The number of carbonyl (C=O) groups excluding carboxylic acids is 1. The summed E-state index contributed by atoms with van der Waals surface area (Å²) in [5.41, 5.74) is 4.90. The number of hydrogen-bond acceptors (Lipinski definition) is 5. The molecule has 4 heterocycles. The fraction of sp³-hybridized carbons (Fsp3) is 0.240. The molecule has 8 heteroatoms. The number of aryl methyl sites for hydroxylation is 1. The third-order valence-corrected chi connectivity index (χ3v) is 6.96. The zero-order valence-corrected chi connectivity index (χ0v) is 18.4. The number of carbonyl (C=O) groups is 1. The van der Waals surface area contributed by atoms with E-state index in [0.29, 0.717) is 29.4 Å². The summed E-state index contributed by atoms with van der Waals surface area (Å²) in [4.78, 5) is 24.2. The van der Waals surface area contributed by atoms with Crippen LogP contribution in [0.1, 0.15) is 40.8 Å². The van der Waals surface area contributed by atoms with Gasteiger partial charge in [-0.3, -0.25) is 4.79 Å². The SMILES string of the molecule is Cc1cc(Cl)c2nc(C3C4Oc5ccc(Oc6ccnc7c6CCC(=O)N7)cc5C43)[nH]c2c1. The summed E-state index contributed by atoms with van der Waals surface area (Å²) in [6.07, 6.45) is 2.76. The van der Waals surface area contributed by atoms with E-state index in [0.717, 1.165) is 45.0 Å². The molecule has 7 nitrogen and oxygen atoms in total. The topological polar surface area (TPSA) is 89.1 Å². The number of amides is 1. The smallest absolute Gasteiger partial charge is 0.225 e. The Balaban J connectivity index is 1.18. The van der Waals surface area contributed by atoms with Crippen molar-refractivity contribution in [3.63, 3.8) is 0 Å². The van der Waals surface area contributed by atoms with Gasteiger partial charge in [0.25, 0.3) is 0 Å². The Hall–Kier alpha value is -3.58. The first-order valence-corrected chi connectivity index (χ1v) is 11.3. The van der Waals surface area contributed by atoms with Crippen molar-refractivity contribution in [2.45, 2.75) is 37.7 Å².